The van der Waals surface area contributed by atoms with Crippen LogP contribution in [-0.4, -0.2) is 18.4 Å². The largest absolute Gasteiger partial charge is 0.326 e. The second kappa shape index (κ2) is 7.88. The highest BCUT2D eigenvalue weighted by molar-refractivity contribution is 6.33. The third-order valence-corrected chi connectivity index (χ3v) is 3.61. The van der Waals surface area contributed by atoms with Crippen molar-refractivity contribution in [1.29, 1.82) is 0 Å². The van der Waals surface area contributed by atoms with E-state index in [0.717, 1.165) is 12.1 Å². The SMILES string of the molecule is CC(=O)N(CCC(=O)Nc1ccc(F)c(F)c1)c1ccccc1Cl. The van der Waals surface area contributed by atoms with Crippen LogP contribution in [0, 0.1) is 11.6 Å². The molecule has 0 saturated heterocycles. The summed E-state index contributed by atoms with van der Waals surface area (Å²) in [6.07, 6.45) is -0.0240. The number of benzene rings is 2. The summed E-state index contributed by atoms with van der Waals surface area (Å²) in [5.74, 6) is -2.73. The van der Waals surface area contributed by atoms with Crippen LogP contribution >= 0.6 is 11.6 Å². The Bertz CT molecular complexity index is 768. The van der Waals surface area contributed by atoms with E-state index in [4.69, 9.17) is 11.6 Å². The number of carbonyl (C=O) groups excluding carboxylic acids is 2. The van der Waals surface area contributed by atoms with Gasteiger partial charge in [0.2, 0.25) is 11.8 Å². The van der Waals surface area contributed by atoms with Crippen LogP contribution in [0.5, 0.6) is 0 Å². The van der Waals surface area contributed by atoms with Crippen LogP contribution in [0.1, 0.15) is 13.3 Å². The highest BCUT2D eigenvalue weighted by Crippen LogP contribution is 2.25. The lowest BCUT2D eigenvalue weighted by Gasteiger charge is -2.22. The van der Waals surface area contributed by atoms with Gasteiger partial charge in [-0.25, -0.2) is 8.78 Å². The van der Waals surface area contributed by atoms with E-state index >= 15 is 0 Å². The zero-order chi connectivity index (χ0) is 17.7. The van der Waals surface area contributed by atoms with Crippen molar-refractivity contribution in [3.63, 3.8) is 0 Å². The van der Waals surface area contributed by atoms with E-state index in [1.54, 1.807) is 24.3 Å². The molecule has 0 atom stereocenters. The standard InChI is InChI=1S/C17H15ClF2N2O2/c1-11(23)22(16-5-3-2-4-13(16)18)9-8-17(24)21-12-6-7-14(19)15(20)10-12/h2-7,10H,8-9H2,1H3,(H,21,24). The van der Waals surface area contributed by atoms with Crippen molar-refractivity contribution in [1.82, 2.24) is 0 Å². The van der Waals surface area contributed by atoms with Gasteiger partial charge < -0.3 is 10.2 Å². The fraction of sp³-hybridized carbons (Fsp3) is 0.176. The number of nitrogens with one attached hydrogen (secondary N) is 1. The van der Waals surface area contributed by atoms with Gasteiger partial charge in [-0.1, -0.05) is 23.7 Å². The average Bonchev–Trinajstić information content (AvgIpc) is 2.52. The molecule has 0 spiro atoms. The number of nitrogens with zero attached hydrogens (tertiary/aromatic N) is 1. The zero-order valence-electron chi connectivity index (χ0n) is 12.9. The van der Waals surface area contributed by atoms with Gasteiger partial charge in [0, 0.05) is 31.6 Å². The van der Waals surface area contributed by atoms with Crippen LogP contribution in [0.15, 0.2) is 42.5 Å². The fourth-order valence-electron chi connectivity index (χ4n) is 2.13. The van der Waals surface area contributed by atoms with Crippen LogP contribution < -0.4 is 10.2 Å². The Hall–Kier alpha value is -2.47. The molecule has 7 heteroatoms. The first-order valence-electron chi connectivity index (χ1n) is 7.16. The van der Waals surface area contributed by atoms with Crippen molar-refractivity contribution in [3.05, 3.63) is 59.1 Å². The number of anilines is 2. The van der Waals surface area contributed by atoms with Crippen LogP contribution in [0.2, 0.25) is 5.02 Å². The lowest BCUT2D eigenvalue weighted by molar-refractivity contribution is -0.117. The van der Waals surface area contributed by atoms with E-state index in [0.29, 0.717) is 10.7 Å². The normalized spacial score (nSPS) is 10.3. The quantitative estimate of drug-likeness (QED) is 0.884. The van der Waals surface area contributed by atoms with Gasteiger partial charge in [-0.2, -0.15) is 0 Å². The van der Waals surface area contributed by atoms with E-state index < -0.39 is 17.5 Å². The Kier molecular flexibility index (Phi) is 5.87. The number of para-hydroxylation sites is 1. The van der Waals surface area contributed by atoms with Crippen LogP contribution in [0.3, 0.4) is 0 Å². The molecule has 24 heavy (non-hydrogen) atoms. The minimum absolute atomic E-state index is 0.0240. The smallest absolute Gasteiger partial charge is 0.226 e. The third-order valence-electron chi connectivity index (χ3n) is 3.29. The van der Waals surface area contributed by atoms with Gasteiger partial charge in [0.25, 0.3) is 0 Å². The summed E-state index contributed by atoms with van der Waals surface area (Å²) in [6.45, 7) is 1.48. The summed E-state index contributed by atoms with van der Waals surface area (Å²) in [7, 11) is 0. The van der Waals surface area contributed by atoms with E-state index in [9.17, 15) is 18.4 Å². The van der Waals surface area contributed by atoms with Crippen molar-refractivity contribution >= 4 is 34.8 Å². The second-order valence-corrected chi connectivity index (χ2v) is 5.46. The summed E-state index contributed by atoms with van der Waals surface area (Å²) in [6, 6.07) is 9.87. The first-order chi connectivity index (χ1) is 11.4. The Morgan fingerprint density at radius 3 is 2.46 bits per heavy atom. The minimum atomic E-state index is -1.05. The predicted octanol–water partition coefficient (Wildman–Crippen LogP) is 4.00. The van der Waals surface area contributed by atoms with Gasteiger partial charge in [0.15, 0.2) is 11.6 Å². The van der Waals surface area contributed by atoms with Gasteiger partial charge in [0.05, 0.1) is 10.7 Å². The zero-order valence-corrected chi connectivity index (χ0v) is 13.6. The second-order valence-electron chi connectivity index (χ2n) is 5.05. The Morgan fingerprint density at radius 1 is 1.12 bits per heavy atom. The fourth-order valence-corrected chi connectivity index (χ4v) is 2.37. The molecule has 2 rings (SSSR count). The molecule has 2 aromatic rings. The van der Waals surface area contributed by atoms with Crippen molar-refractivity contribution < 1.29 is 18.4 Å². The van der Waals surface area contributed by atoms with Crippen molar-refractivity contribution in [3.8, 4) is 0 Å². The molecule has 4 nitrogen and oxygen atoms in total. The lowest BCUT2D eigenvalue weighted by Crippen LogP contribution is -2.32. The predicted molar refractivity (Wildman–Crippen MR) is 89.1 cm³/mol. The highest BCUT2D eigenvalue weighted by Gasteiger charge is 2.16. The molecule has 126 valence electrons. The van der Waals surface area contributed by atoms with E-state index in [-0.39, 0.29) is 24.6 Å². The van der Waals surface area contributed by atoms with Crippen LogP contribution in [0.4, 0.5) is 20.2 Å². The maximum atomic E-state index is 13.1. The van der Waals surface area contributed by atoms with E-state index in [1.807, 2.05) is 0 Å². The number of rotatable bonds is 5. The van der Waals surface area contributed by atoms with Gasteiger partial charge in [0.1, 0.15) is 0 Å². The van der Waals surface area contributed by atoms with Crippen molar-refractivity contribution in [2.24, 2.45) is 0 Å². The average molecular weight is 353 g/mol. The number of amides is 2. The molecular weight excluding hydrogens is 338 g/mol. The van der Waals surface area contributed by atoms with Crippen molar-refractivity contribution in [2.45, 2.75) is 13.3 Å². The third kappa shape index (κ3) is 4.52. The number of halogens is 3. The molecule has 0 fully saturated rings. The first kappa shape index (κ1) is 17.9. The topological polar surface area (TPSA) is 49.4 Å². The summed E-state index contributed by atoms with van der Waals surface area (Å²) in [4.78, 5) is 25.1. The molecule has 0 aliphatic heterocycles. The molecule has 0 bridgehead atoms. The van der Waals surface area contributed by atoms with E-state index in [2.05, 4.69) is 5.32 Å². The van der Waals surface area contributed by atoms with Crippen LogP contribution in [0.25, 0.3) is 0 Å². The molecule has 0 radical (unpaired) electrons. The molecule has 0 aliphatic carbocycles. The van der Waals surface area contributed by atoms with Gasteiger partial charge in [-0.3, -0.25) is 9.59 Å². The monoisotopic (exact) mass is 352 g/mol. The Balaban J connectivity index is 2.01. The maximum absolute atomic E-state index is 13.1. The van der Waals surface area contributed by atoms with Gasteiger partial charge >= 0.3 is 0 Å². The van der Waals surface area contributed by atoms with E-state index in [1.165, 1.54) is 17.9 Å². The van der Waals surface area contributed by atoms with Crippen LogP contribution in [-0.2, 0) is 9.59 Å². The molecular formula is C17H15ClF2N2O2. The highest BCUT2D eigenvalue weighted by atomic mass is 35.5. The molecule has 0 unspecified atom stereocenters. The van der Waals surface area contributed by atoms with Gasteiger partial charge in [-0.15, -0.1) is 0 Å². The minimum Gasteiger partial charge on any atom is -0.326 e. The van der Waals surface area contributed by atoms with Gasteiger partial charge in [-0.05, 0) is 24.3 Å². The molecule has 0 aliphatic rings. The molecule has 0 heterocycles. The Labute approximate surface area is 143 Å². The number of hydrogen-bond donors (Lipinski definition) is 1. The molecule has 0 aromatic heterocycles. The Morgan fingerprint density at radius 2 is 1.83 bits per heavy atom. The summed E-state index contributed by atoms with van der Waals surface area (Å²) in [5, 5.41) is 2.85. The molecule has 2 aromatic carbocycles. The lowest BCUT2D eigenvalue weighted by atomic mass is 10.2. The summed E-state index contributed by atoms with van der Waals surface area (Å²) < 4.78 is 26.0. The number of carbonyl (C=O) groups is 2. The molecule has 0 saturated carbocycles. The first-order valence-corrected chi connectivity index (χ1v) is 7.54. The summed E-state index contributed by atoms with van der Waals surface area (Å²) >= 11 is 6.07. The molecule has 1 N–H and O–H groups in total. The molecule has 2 amide bonds. The van der Waals surface area contributed by atoms with Crippen molar-refractivity contribution in [2.75, 3.05) is 16.8 Å². The number of hydrogen-bond acceptors (Lipinski definition) is 2. The maximum Gasteiger partial charge on any atom is 0.226 e. The summed E-state index contributed by atoms with van der Waals surface area (Å²) in [5.41, 5.74) is 0.651.